The van der Waals surface area contributed by atoms with Crippen LogP contribution < -0.4 is 14.4 Å². The molecular weight excluding hydrogens is 426 g/mol. The van der Waals surface area contributed by atoms with Crippen molar-refractivity contribution in [2.75, 3.05) is 32.2 Å². The predicted octanol–water partition coefficient (Wildman–Crippen LogP) is 3.63. The number of piperidine rings is 1. The van der Waals surface area contributed by atoms with Gasteiger partial charge >= 0.3 is 0 Å². The highest BCUT2D eigenvalue weighted by Gasteiger charge is 2.44. The van der Waals surface area contributed by atoms with Crippen molar-refractivity contribution in [2.24, 2.45) is 5.92 Å². The molecule has 0 unspecified atom stereocenters. The number of benzene rings is 2. The topological polar surface area (TPSA) is 102 Å². The van der Waals surface area contributed by atoms with Gasteiger partial charge in [-0.25, -0.2) is 4.90 Å². The van der Waals surface area contributed by atoms with Gasteiger partial charge in [0.05, 0.1) is 30.4 Å². The molecule has 172 valence electrons. The first kappa shape index (κ1) is 22.3. The number of nitro benzene ring substituents is 1. The van der Waals surface area contributed by atoms with Crippen LogP contribution in [0.1, 0.15) is 25.3 Å². The van der Waals surface area contributed by atoms with E-state index in [9.17, 15) is 19.7 Å². The van der Waals surface area contributed by atoms with E-state index in [-0.39, 0.29) is 16.9 Å². The number of anilines is 1. The maximum Gasteiger partial charge on any atom is 0.282 e. The monoisotopic (exact) mass is 451 g/mol. The van der Waals surface area contributed by atoms with Crippen molar-refractivity contribution in [2.45, 2.75) is 19.8 Å². The van der Waals surface area contributed by atoms with Gasteiger partial charge in [0.2, 0.25) is 0 Å². The van der Waals surface area contributed by atoms with Crippen LogP contribution >= 0.6 is 0 Å². The maximum absolute atomic E-state index is 13.7. The predicted molar refractivity (Wildman–Crippen MR) is 122 cm³/mol. The largest absolute Gasteiger partial charge is 0.497 e. The fourth-order valence-corrected chi connectivity index (χ4v) is 4.24. The Morgan fingerprint density at radius 2 is 1.64 bits per heavy atom. The summed E-state index contributed by atoms with van der Waals surface area (Å²) >= 11 is 0. The SMILES string of the molecule is COc1ccc(OC)c(N2C(=O)C(c3ccc([N+](=O)[O-])cc3)=C(N3CCC(C)CC3)C2=O)c1. The number of carbonyl (C=O) groups is 2. The molecule has 0 N–H and O–H groups in total. The van der Waals surface area contributed by atoms with Crippen LogP contribution in [-0.2, 0) is 9.59 Å². The second-order valence-electron chi connectivity index (χ2n) is 8.18. The molecule has 0 bridgehead atoms. The number of hydrogen-bond acceptors (Lipinski definition) is 7. The van der Waals surface area contributed by atoms with Crippen molar-refractivity contribution in [3.63, 3.8) is 0 Å². The van der Waals surface area contributed by atoms with Gasteiger partial charge in [-0.3, -0.25) is 19.7 Å². The van der Waals surface area contributed by atoms with Crippen LogP contribution in [0.2, 0.25) is 0 Å². The Hall–Kier alpha value is -3.88. The van der Waals surface area contributed by atoms with Gasteiger partial charge in [0.1, 0.15) is 17.2 Å². The second-order valence-corrected chi connectivity index (χ2v) is 8.18. The van der Waals surface area contributed by atoms with Crippen molar-refractivity contribution < 1.29 is 24.0 Å². The highest BCUT2D eigenvalue weighted by atomic mass is 16.6. The fraction of sp³-hybridized carbons (Fsp3) is 0.333. The number of amides is 2. The number of carbonyl (C=O) groups excluding carboxylic acids is 2. The van der Waals surface area contributed by atoms with E-state index < -0.39 is 16.7 Å². The third kappa shape index (κ3) is 4.02. The minimum absolute atomic E-state index is 0.0872. The zero-order valence-corrected chi connectivity index (χ0v) is 18.7. The number of nitro groups is 1. The van der Waals surface area contributed by atoms with Crippen molar-refractivity contribution in [3.8, 4) is 11.5 Å². The molecule has 0 aliphatic carbocycles. The Balaban J connectivity index is 1.84. The van der Waals surface area contributed by atoms with E-state index in [0.717, 1.165) is 17.7 Å². The molecule has 9 nitrogen and oxygen atoms in total. The minimum Gasteiger partial charge on any atom is -0.497 e. The summed E-state index contributed by atoms with van der Waals surface area (Å²) < 4.78 is 10.7. The Bertz CT molecular complexity index is 1130. The number of ether oxygens (including phenoxy) is 2. The van der Waals surface area contributed by atoms with Crippen molar-refractivity contribution in [3.05, 3.63) is 63.8 Å². The van der Waals surface area contributed by atoms with E-state index in [4.69, 9.17) is 9.47 Å². The first-order chi connectivity index (χ1) is 15.8. The van der Waals surface area contributed by atoms with E-state index >= 15 is 0 Å². The Morgan fingerprint density at radius 1 is 0.970 bits per heavy atom. The fourth-order valence-electron chi connectivity index (χ4n) is 4.24. The van der Waals surface area contributed by atoms with E-state index in [2.05, 4.69) is 6.92 Å². The average Bonchev–Trinajstić information content (AvgIpc) is 3.08. The number of rotatable bonds is 6. The van der Waals surface area contributed by atoms with Crippen LogP contribution in [-0.4, -0.2) is 48.9 Å². The van der Waals surface area contributed by atoms with Crippen LogP contribution in [0.15, 0.2) is 48.2 Å². The third-order valence-corrected chi connectivity index (χ3v) is 6.15. The van der Waals surface area contributed by atoms with E-state index in [1.165, 1.54) is 38.5 Å². The average molecular weight is 451 g/mol. The van der Waals surface area contributed by atoms with Gasteiger partial charge in [0, 0.05) is 31.3 Å². The lowest BCUT2D eigenvalue weighted by molar-refractivity contribution is -0.384. The van der Waals surface area contributed by atoms with E-state index in [1.54, 1.807) is 18.2 Å². The molecule has 2 aliphatic heterocycles. The summed E-state index contributed by atoms with van der Waals surface area (Å²) in [5, 5.41) is 11.1. The number of nitrogens with zero attached hydrogens (tertiary/aromatic N) is 3. The van der Waals surface area contributed by atoms with E-state index in [0.29, 0.717) is 41.8 Å². The molecule has 0 atom stereocenters. The molecule has 1 saturated heterocycles. The molecule has 2 aliphatic rings. The van der Waals surface area contributed by atoms with Crippen LogP contribution in [0.25, 0.3) is 5.57 Å². The van der Waals surface area contributed by atoms with Crippen molar-refractivity contribution in [1.82, 2.24) is 4.90 Å². The molecule has 0 spiro atoms. The Kier molecular flexibility index (Phi) is 6.04. The first-order valence-corrected chi connectivity index (χ1v) is 10.7. The van der Waals surface area contributed by atoms with E-state index in [1.807, 2.05) is 4.90 Å². The van der Waals surface area contributed by atoms with Crippen LogP contribution in [0.5, 0.6) is 11.5 Å². The van der Waals surface area contributed by atoms with Crippen LogP contribution in [0, 0.1) is 16.0 Å². The van der Waals surface area contributed by atoms with Crippen LogP contribution in [0.4, 0.5) is 11.4 Å². The van der Waals surface area contributed by atoms with Gasteiger partial charge in [-0.05, 0) is 48.6 Å². The molecule has 1 fully saturated rings. The molecule has 33 heavy (non-hydrogen) atoms. The maximum atomic E-state index is 13.7. The zero-order chi connectivity index (χ0) is 23.7. The van der Waals surface area contributed by atoms with Crippen molar-refractivity contribution in [1.29, 1.82) is 0 Å². The standard InChI is InChI=1S/C24H25N3O6/c1-15-10-12-25(13-11-15)22-21(16-4-6-17(7-5-16)27(30)31)23(28)26(24(22)29)19-14-18(32-2)8-9-20(19)33-3/h4-9,14-15H,10-13H2,1-3H3. The summed E-state index contributed by atoms with van der Waals surface area (Å²) in [7, 11) is 2.97. The molecule has 0 radical (unpaired) electrons. The highest BCUT2D eigenvalue weighted by Crippen LogP contribution is 2.41. The first-order valence-electron chi connectivity index (χ1n) is 10.7. The van der Waals surface area contributed by atoms with Gasteiger partial charge in [-0.1, -0.05) is 6.92 Å². The second kappa shape index (κ2) is 8.93. The third-order valence-electron chi connectivity index (χ3n) is 6.15. The lowest BCUT2D eigenvalue weighted by Crippen LogP contribution is -2.38. The summed E-state index contributed by atoms with van der Waals surface area (Å²) in [5.41, 5.74) is 1.19. The number of methoxy groups -OCH3 is 2. The quantitative estimate of drug-likeness (QED) is 0.375. The summed E-state index contributed by atoms with van der Waals surface area (Å²) in [6.45, 7) is 3.46. The minimum atomic E-state index is -0.506. The van der Waals surface area contributed by atoms with Crippen molar-refractivity contribution >= 4 is 28.8 Å². The molecule has 2 amide bonds. The molecule has 0 saturated carbocycles. The van der Waals surface area contributed by atoms with Gasteiger partial charge in [-0.2, -0.15) is 0 Å². The summed E-state index contributed by atoms with van der Waals surface area (Å²) in [6, 6.07) is 10.6. The highest BCUT2D eigenvalue weighted by molar-refractivity contribution is 6.45. The summed E-state index contributed by atoms with van der Waals surface area (Å²) in [4.78, 5) is 41.1. The summed E-state index contributed by atoms with van der Waals surface area (Å²) in [5.74, 6) is 0.410. The lowest BCUT2D eigenvalue weighted by Gasteiger charge is -2.32. The Labute approximate surface area is 191 Å². The molecule has 2 aromatic carbocycles. The zero-order valence-electron chi connectivity index (χ0n) is 18.7. The molecule has 2 heterocycles. The molecule has 2 aromatic rings. The molecule has 0 aromatic heterocycles. The van der Waals surface area contributed by atoms with Gasteiger partial charge in [0.25, 0.3) is 17.5 Å². The van der Waals surface area contributed by atoms with Gasteiger partial charge in [-0.15, -0.1) is 0 Å². The molecule has 9 heteroatoms. The van der Waals surface area contributed by atoms with Gasteiger partial charge < -0.3 is 14.4 Å². The van der Waals surface area contributed by atoms with Gasteiger partial charge in [0.15, 0.2) is 0 Å². The Morgan fingerprint density at radius 3 is 2.21 bits per heavy atom. The van der Waals surface area contributed by atoms with Crippen LogP contribution in [0.3, 0.4) is 0 Å². The molecular formula is C24H25N3O6. The molecule has 4 rings (SSSR count). The summed E-state index contributed by atoms with van der Waals surface area (Å²) in [6.07, 6.45) is 1.81. The number of imide groups is 1. The number of likely N-dealkylation sites (tertiary alicyclic amines) is 1. The lowest BCUT2D eigenvalue weighted by atomic mass is 9.97. The normalized spacial score (nSPS) is 17.1. The number of non-ortho nitro benzene ring substituents is 1. The number of hydrogen-bond donors (Lipinski definition) is 0. The smallest absolute Gasteiger partial charge is 0.282 e.